The number of aromatic nitrogens is 2. The smallest absolute Gasteiger partial charge is 0.138 e. The molecule has 2 aromatic heterocycles. The second kappa shape index (κ2) is 5.14. The third-order valence-electron chi connectivity index (χ3n) is 4.12. The van der Waals surface area contributed by atoms with Gasteiger partial charge >= 0.3 is 0 Å². The molecule has 3 rings (SSSR count). The number of nitrogens with zero attached hydrogens (tertiary/aromatic N) is 2. The summed E-state index contributed by atoms with van der Waals surface area (Å²) in [7, 11) is 0. The van der Waals surface area contributed by atoms with Crippen molar-refractivity contribution in [1.29, 1.82) is 0 Å². The minimum atomic E-state index is 0.610. The molecule has 19 heavy (non-hydrogen) atoms. The molecule has 0 radical (unpaired) electrons. The molecular formula is C15H20ClN3. The Labute approximate surface area is 119 Å². The molecule has 4 heteroatoms. The molecule has 1 N–H and O–H groups in total. The SMILES string of the molecule is Cc1nc(Cl)c2cc(CN3CCCCC3)[nH]c2c1C. The molecule has 0 spiro atoms. The van der Waals surface area contributed by atoms with Gasteiger partial charge in [-0.2, -0.15) is 0 Å². The van der Waals surface area contributed by atoms with E-state index >= 15 is 0 Å². The minimum absolute atomic E-state index is 0.610. The summed E-state index contributed by atoms with van der Waals surface area (Å²) in [6.45, 7) is 7.51. The zero-order chi connectivity index (χ0) is 13.4. The Morgan fingerprint density at radius 1 is 1.26 bits per heavy atom. The Morgan fingerprint density at radius 3 is 2.74 bits per heavy atom. The van der Waals surface area contributed by atoms with Crippen LogP contribution in [0.5, 0.6) is 0 Å². The first-order valence-corrected chi connectivity index (χ1v) is 7.39. The highest BCUT2D eigenvalue weighted by Crippen LogP contribution is 2.27. The second-order valence-electron chi connectivity index (χ2n) is 5.53. The number of rotatable bonds is 2. The van der Waals surface area contributed by atoms with E-state index in [-0.39, 0.29) is 0 Å². The van der Waals surface area contributed by atoms with Crippen LogP contribution in [0.1, 0.15) is 36.2 Å². The number of pyridine rings is 1. The average molecular weight is 278 g/mol. The Hall–Kier alpha value is -1.06. The molecule has 2 aromatic rings. The summed E-state index contributed by atoms with van der Waals surface area (Å²) in [6, 6.07) is 2.16. The van der Waals surface area contributed by atoms with Crippen LogP contribution < -0.4 is 0 Å². The fourth-order valence-electron chi connectivity index (χ4n) is 2.88. The summed E-state index contributed by atoms with van der Waals surface area (Å²) in [5, 5.41) is 1.66. The number of likely N-dealkylation sites (tertiary alicyclic amines) is 1. The van der Waals surface area contributed by atoms with Gasteiger partial charge in [0.15, 0.2) is 0 Å². The molecule has 1 fully saturated rings. The van der Waals surface area contributed by atoms with E-state index in [0.717, 1.165) is 23.1 Å². The van der Waals surface area contributed by atoms with Gasteiger partial charge in [0.05, 0.1) is 5.52 Å². The van der Waals surface area contributed by atoms with Gasteiger partial charge in [-0.05, 0) is 51.4 Å². The summed E-state index contributed by atoms with van der Waals surface area (Å²) in [5.74, 6) is 0. The number of aromatic amines is 1. The monoisotopic (exact) mass is 277 g/mol. The molecule has 0 bridgehead atoms. The molecule has 0 amide bonds. The van der Waals surface area contributed by atoms with Crippen LogP contribution in [0.4, 0.5) is 0 Å². The largest absolute Gasteiger partial charge is 0.357 e. The number of nitrogens with one attached hydrogen (secondary N) is 1. The van der Waals surface area contributed by atoms with Gasteiger partial charge < -0.3 is 4.98 Å². The van der Waals surface area contributed by atoms with Crippen LogP contribution in [0, 0.1) is 13.8 Å². The molecule has 102 valence electrons. The lowest BCUT2D eigenvalue weighted by atomic mass is 10.1. The van der Waals surface area contributed by atoms with E-state index in [2.05, 4.69) is 27.9 Å². The van der Waals surface area contributed by atoms with Gasteiger partial charge in [0.2, 0.25) is 0 Å². The van der Waals surface area contributed by atoms with E-state index in [9.17, 15) is 0 Å². The molecule has 0 unspecified atom stereocenters. The predicted molar refractivity (Wildman–Crippen MR) is 79.7 cm³/mol. The molecule has 3 heterocycles. The van der Waals surface area contributed by atoms with Gasteiger partial charge in [-0.3, -0.25) is 4.90 Å². The maximum Gasteiger partial charge on any atom is 0.138 e. The van der Waals surface area contributed by atoms with Crippen molar-refractivity contribution in [2.45, 2.75) is 39.7 Å². The molecular weight excluding hydrogens is 258 g/mol. The lowest BCUT2D eigenvalue weighted by Gasteiger charge is -2.25. The van der Waals surface area contributed by atoms with E-state index in [0.29, 0.717) is 5.15 Å². The van der Waals surface area contributed by atoms with Gasteiger partial charge in [-0.25, -0.2) is 4.98 Å². The van der Waals surface area contributed by atoms with Crippen LogP contribution in [-0.4, -0.2) is 28.0 Å². The molecule has 1 aliphatic rings. The number of aryl methyl sites for hydroxylation is 2. The summed E-state index contributed by atoms with van der Waals surface area (Å²) in [5.41, 5.74) is 4.59. The maximum absolute atomic E-state index is 6.25. The summed E-state index contributed by atoms with van der Waals surface area (Å²) < 4.78 is 0. The van der Waals surface area contributed by atoms with Crippen LogP contribution in [0.25, 0.3) is 10.9 Å². The van der Waals surface area contributed by atoms with Gasteiger partial charge in [0.25, 0.3) is 0 Å². The third-order valence-corrected chi connectivity index (χ3v) is 4.41. The van der Waals surface area contributed by atoms with Gasteiger partial charge in [0.1, 0.15) is 5.15 Å². The lowest BCUT2D eigenvalue weighted by molar-refractivity contribution is 0.219. The van der Waals surface area contributed by atoms with Crippen LogP contribution in [0.2, 0.25) is 5.15 Å². The van der Waals surface area contributed by atoms with Crippen molar-refractivity contribution in [3.05, 3.63) is 28.2 Å². The van der Waals surface area contributed by atoms with E-state index in [1.165, 1.54) is 43.6 Å². The normalized spacial score (nSPS) is 17.2. The van der Waals surface area contributed by atoms with Crippen molar-refractivity contribution in [2.75, 3.05) is 13.1 Å². The number of halogens is 1. The first kappa shape index (κ1) is 12.9. The minimum Gasteiger partial charge on any atom is -0.357 e. The van der Waals surface area contributed by atoms with Crippen molar-refractivity contribution >= 4 is 22.5 Å². The van der Waals surface area contributed by atoms with Crippen molar-refractivity contribution in [2.24, 2.45) is 0 Å². The molecule has 1 saturated heterocycles. The van der Waals surface area contributed by atoms with Crippen molar-refractivity contribution in [3.8, 4) is 0 Å². The molecule has 0 aromatic carbocycles. The summed E-state index contributed by atoms with van der Waals surface area (Å²) >= 11 is 6.25. The quantitative estimate of drug-likeness (QED) is 0.847. The first-order valence-electron chi connectivity index (χ1n) is 7.02. The van der Waals surface area contributed by atoms with Crippen LogP contribution in [0.15, 0.2) is 6.07 Å². The van der Waals surface area contributed by atoms with Crippen molar-refractivity contribution < 1.29 is 0 Å². The second-order valence-corrected chi connectivity index (χ2v) is 5.89. The summed E-state index contributed by atoms with van der Waals surface area (Å²) in [6.07, 6.45) is 4.01. The van der Waals surface area contributed by atoms with Crippen LogP contribution in [0.3, 0.4) is 0 Å². The highest BCUT2D eigenvalue weighted by atomic mass is 35.5. The van der Waals surface area contributed by atoms with Crippen molar-refractivity contribution in [1.82, 2.24) is 14.9 Å². The number of H-pyrrole nitrogens is 1. The molecule has 0 aliphatic carbocycles. The Kier molecular flexibility index (Phi) is 3.50. The molecule has 1 aliphatic heterocycles. The Balaban J connectivity index is 1.92. The summed E-state index contributed by atoms with van der Waals surface area (Å²) in [4.78, 5) is 10.4. The average Bonchev–Trinajstić information content (AvgIpc) is 2.82. The molecule has 0 atom stereocenters. The molecule has 3 nitrogen and oxygen atoms in total. The number of fused-ring (bicyclic) bond motifs is 1. The first-order chi connectivity index (χ1) is 9.15. The van der Waals surface area contributed by atoms with E-state index in [4.69, 9.17) is 11.6 Å². The topological polar surface area (TPSA) is 31.9 Å². The van der Waals surface area contributed by atoms with Crippen molar-refractivity contribution in [3.63, 3.8) is 0 Å². The van der Waals surface area contributed by atoms with Gasteiger partial charge in [-0.15, -0.1) is 0 Å². The van der Waals surface area contributed by atoms with Gasteiger partial charge in [-0.1, -0.05) is 18.0 Å². The van der Waals surface area contributed by atoms with Crippen LogP contribution in [-0.2, 0) is 6.54 Å². The third kappa shape index (κ3) is 2.49. The number of hydrogen-bond donors (Lipinski definition) is 1. The highest BCUT2D eigenvalue weighted by molar-refractivity contribution is 6.34. The standard InChI is InChI=1S/C15H20ClN3/c1-10-11(2)17-15(16)13-8-12(18-14(10)13)9-19-6-4-3-5-7-19/h8,18H,3-7,9H2,1-2H3. The number of piperidine rings is 1. The highest BCUT2D eigenvalue weighted by Gasteiger charge is 2.14. The molecule has 0 saturated carbocycles. The lowest BCUT2D eigenvalue weighted by Crippen LogP contribution is -2.29. The van der Waals surface area contributed by atoms with E-state index in [1.54, 1.807) is 0 Å². The zero-order valence-corrected chi connectivity index (χ0v) is 12.3. The van der Waals surface area contributed by atoms with E-state index < -0.39 is 0 Å². The van der Waals surface area contributed by atoms with Gasteiger partial charge in [0, 0.05) is 23.3 Å². The zero-order valence-electron chi connectivity index (χ0n) is 11.6. The fourth-order valence-corrected chi connectivity index (χ4v) is 3.16. The number of hydrogen-bond acceptors (Lipinski definition) is 2. The maximum atomic E-state index is 6.25. The Morgan fingerprint density at radius 2 is 2.00 bits per heavy atom. The Bertz CT molecular complexity index is 597. The predicted octanol–water partition coefficient (Wildman–Crippen LogP) is 3.82. The van der Waals surface area contributed by atoms with E-state index in [1.807, 2.05) is 6.92 Å². The van der Waals surface area contributed by atoms with Crippen LogP contribution >= 0.6 is 11.6 Å². The fraction of sp³-hybridized carbons (Fsp3) is 0.533.